The van der Waals surface area contributed by atoms with Gasteiger partial charge in [0.1, 0.15) is 0 Å². The highest BCUT2D eigenvalue weighted by atomic mass is 16.5. The zero-order chi connectivity index (χ0) is 15.8. The van der Waals surface area contributed by atoms with Gasteiger partial charge in [-0.05, 0) is 37.5 Å². The summed E-state index contributed by atoms with van der Waals surface area (Å²) in [6.45, 7) is 16.3. The average molecular weight is 286 g/mol. The molecule has 0 aliphatic rings. The molecule has 0 aliphatic heterocycles. The summed E-state index contributed by atoms with van der Waals surface area (Å²) >= 11 is 0. The first kappa shape index (κ1) is 19.4. The quantitative estimate of drug-likeness (QED) is 0.562. The van der Waals surface area contributed by atoms with E-state index in [1.165, 1.54) is 0 Å². The van der Waals surface area contributed by atoms with Crippen molar-refractivity contribution in [3.63, 3.8) is 0 Å². The molecule has 0 N–H and O–H groups in total. The molecular weight excluding hydrogens is 252 g/mol. The summed E-state index contributed by atoms with van der Waals surface area (Å²) in [5, 5.41) is 0. The van der Waals surface area contributed by atoms with Gasteiger partial charge in [0.25, 0.3) is 0 Å². The number of hydrogen-bond acceptors (Lipinski definition) is 3. The molecule has 20 heavy (non-hydrogen) atoms. The Balaban J connectivity index is 5.06. The molecule has 0 rings (SSSR count). The number of carbonyl (C=O) groups is 1. The van der Waals surface area contributed by atoms with Gasteiger partial charge in [0.15, 0.2) is 0 Å². The van der Waals surface area contributed by atoms with Crippen LogP contribution in [0.3, 0.4) is 0 Å². The number of carbonyl (C=O) groups excluding carboxylic acids is 1. The van der Waals surface area contributed by atoms with Crippen molar-refractivity contribution in [2.45, 2.75) is 61.3 Å². The normalized spacial score (nSPS) is 12.5. The molecule has 0 heterocycles. The van der Waals surface area contributed by atoms with Crippen LogP contribution in [0.2, 0.25) is 0 Å². The predicted octanol–water partition coefficient (Wildman–Crippen LogP) is 4.30. The monoisotopic (exact) mass is 286 g/mol. The summed E-state index contributed by atoms with van der Waals surface area (Å²) in [6, 6.07) is 0. The van der Waals surface area contributed by atoms with Gasteiger partial charge >= 0.3 is 5.97 Å². The lowest BCUT2D eigenvalue weighted by Crippen LogP contribution is -2.40. The van der Waals surface area contributed by atoms with E-state index in [-0.39, 0.29) is 5.97 Å². The van der Waals surface area contributed by atoms with Crippen LogP contribution < -0.4 is 0 Å². The Kier molecular flexibility index (Phi) is 9.11. The fourth-order valence-electron chi connectivity index (χ4n) is 2.68. The molecule has 0 aromatic rings. The Morgan fingerprint density at radius 3 is 1.80 bits per heavy atom. The van der Waals surface area contributed by atoms with Gasteiger partial charge in [-0.25, -0.2) is 0 Å². The Morgan fingerprint density at radius 2 is 1.45 bits per heavy atom. The smallest absolute Gasteiger partial charge is 0.314 e. The molecule has 0 aromatic carbocycles. The van der Waals surface area contributed by atoms with Crippen molar-refractivity contribution in [1.29, 1.82) is 0 Å². The number of esters is 1. The molecule has 0 bridgehead atoms. The number of hydrogen-bond donors (Lipinski definition) is 0. The lowest BCUT2D eigenvalue weighted by molar-refractivity contribution is -0.164. The molecule has 0 spiro atoms. The van der Waals surface area contributed by atoms with E-state index in [0.717, 1.165) is 12.8 Å². The first-order valence-electron chi connectivity index (χ1n) is 7.98. The van der Waals surface area contributed by atoms with E-state index in [1.54, 1.807) is 0 Å². The zero-order valence-corrected chi connectivity index (χ0v) is 14.5. The molecule has 3 nitrogen and oxygen atoms in total. The molecule has 0 amide bonds. The highest BCUT2D eigenvalue weighted by molar-refractivity contribution is 5.77. The second-order valence-corrected chi connectivity index (χ2v) is 7.11. The van der Waals surface area contributed by atoms with Crippen molar-refractivity contribution in [3.8, 4) is 0 Å². The molecule has 0 saturated carbocycles. The lowest BCUT2D eigenvalue weighted by Gasteiger charge is -2.34. The number of ether oxygens (including phenoxy) is 2. The average Bonchev–Trinajstić information content (AvgIpc) is 2.31. The van der Waals surface area contributed by atoms with Gasteiger partial charge < -0.3 is 9.47 Å². The van der Waals surface area contributed by atoms with Crippen LogP contribution in [0.4, 0.5) is 0 Å². The summed E-state index contributed by atoms with van der Waals surface area (Å²) in [5.41, 5.74) is -0.493. The third-order valence-corrected chi connectivity index (χ3v) is 3.16. The van der Waals surface area contributed by atoms with Crippen LogP contribution in [-0.4, -0.2) is 25.8 Å². The third-order valence-electron chi connectivity index (χ3n) is 3.16. The van der Waals surface area contributed by atoms with E-state index >= 15 is 0 Å². The lowest BCUT2D eigenvalue weighted by atomic mass is 9.74. The summed E-state index contributed by atoms with van der Waals surface area (Å²) in [7, 11) is 0. The van der Waals surface area contributed by atoms with E-state index in [2.05, 4.69) is 41.5 Å². The van der Waals surface area contributed by atoms with Gasteiger partial charge in [-0.1, -0.05) is 41.5 Å². The topological polar surface area (TPSA) is 35.5 Å². The second-order valence-electron chi connectivity index (χ2n) is 7.11. The molecule has 0 atom stereocenters. The minimum absolute atomic E-state index is 0.0814. The van der Waals surface area contributed by atoms with Crippen molar-refractivity contribution in [3.05, 3.63) is 0 Å². The highest BCUT2D eigenvalue weighted by Gasteiger charge is 2.41. The molecule has 0 radical (unpaired) electrons. The number of rotatable bonds is 10. The van der Waals surface area contributed by atoms with Gasteiger partial charge in [0, 0.05) is 6.61 Å². The van der Waals surface area contributed by atoms with Gasteiger partial charge in [-0.15, -0.1) is 0 Å². The fourth-order valence-corrected chi connectivity index (χ4v) is 2.68. The van der Waals surface area contributed by atoms with Crippen molar-refractivity contribution in [2.75, 3.05) is 19.8 Å². The molecule has 0 fully saturated rings. The molecule has 0 aliphatic carbocycles. The van der Waals surface area contributed by atoms with Crippen LogP contribution in [0.15, 0.2) is 0 Å². The molecule has 120 valence electrons. The maximum absolute atomic E-state index is 12.6. The van der Waals surface area contributed by atoms with E-state index in [4.69, 9.17) is 9.47 Å². The van der Waals surface area contributed by atoms with E-state index in [0.29, 0.717) is 37.6 Å². The van der Waals surface area contributed by atoms with Crippen molar-refractivity contribution >= 4 is 5.97 Å². The van der Waals surface area contributed by atoms with Crippen molar-refractivity contribution < 1.29 is 14.3 Å². The van der Waals surface area contributed by atoms with Crippen LogP contribution in [0.1, 0.15) is 61.3 Å². The predicted molar refractivity (Wildman–Crippen MR) is 83.6 cm³/mol. The molecule has 0 unspecified atom stereocenters. The maximum Gasteiger partial charge on any atom is 0.314 e. The summed E-state index contributed by atoms with van der Waals surface area (Å²) in [4.78, 5) is 12.6. The molecule has 3 heteroatoms. The van der Waals surface area contributed by atoms with Crippen molar-refractivity contribution in [1.82, 2.24) is 0 Å². The second kappa shape index (κ2) is 9.38. The Bertz CT molecular complexity index is 259. The summed E-state index contributed by atoms with van der Waals surface area (Å²) < 4.78 is 11.2. The highest BCUT2D eigenvalue weighted by Crippen LogP contribution is 2.36. The Hall–Kier alpha value is -0.570. The zero-order valence-electron chi connectivity index (χ0n) is 14.5. The van der Waals surface area contributed by atoms with Gasteiger partial charge in [0.2, 0.25) is 0 Å². The van der Waals surface area contributed by atoms with Crippen LogP contribution in [0.25, 0.3) is 0 Å². The summed E-state index contributed by atoms with van der Waals surface area (Å²) in [6.07, 6.45) is 1.64. The molecule has 0 saturated heterocycles. The molecule has 0 aromatic heterocycles. The maximum atomic E-state index is 12.6. The van der Waals surface area contributed by atoms with Crippen LogP contribution in [-0.2, 0) is 14.3 Å². The summed E-state index contributed by atoms with van der Waals surface area (Å²) in [5.74, 6) is 1.17. The van der Waals surface area contributed by atoms with Crippen molar-refractivity contribution in [2.24, 2.45) is 23.2 Å². The van der Waals surface area contributed by atoms with Crippen LogP contribution >= 0.6 is 0 Å². The largest absolute Gasteiger partial charge is 0.465 e. The van der Waals surface area contributed by atoms with Gasteiger partial charge in [-0.3, -0.25) is 4.79 Å². The standard InChI is InChI=1S/C17H34O3/c1-8-19-12-17(9-13(2)3,10-14(4)5)16(18)20-11-15(6)7/h13-15H,8-12H2,1-7H3. The van der Waals surface area contributed by atoms with Gasteiger partial charge in [-0.2, -0.15) is 0 Å². The first-order valence-corrected chi connectivity index (χ1v) is 7.98. The third kappa shape index (κ3) is 7.28. The minimum Gasteiger partial charge on any atom is -0.465 e. The van der Waals surface area contributed by atoms with Crippen LogP contribution in [0.5, 0.6) is 0 Å². The molecular formula is C17H34O3. The van der Waals surface area contributed by atoms with E-state index in [9.17, 15) is 4.79 Å². The fraction of sp³-hybridized carbons (Fsp3) is 0.941. The Morgan fingerprint density at radius 1 is 0.950 bits per heavy atom. The minimum atomic E-state index is -0.493. The van der Waals surface area contributed by atoms with Crippen LogP contribution in [0, 0.1) is 23.2 Å². The van der Waals surface area contributed by atoms with E-state index in [1.807, 2.05) is 6.92 Å². The van der Waals surface area contributed by atoms with Gasteiger partial charge in [0.05, 0.1) is 18.6 Å². The van der Waals surface area contributed by atoms with E-state index < -0.39 is 5.41 Å². The SMILES string of the molecule is CCOCC(CC(C)C)(CC(C)C)C(=O)OCC(C)C. The Labute approximate surface area is 125 Å². The first-order chi connectivity index (χ1) is 9.23.